The van der Waals surface area contributed by atoms with Crippen LogP contribution in [0.25, 0.3) is 22.1 Å². The van der Waals surface area contributed by atoms with E-state index in [9.17, 15) is 13.2 Å². The number of alkyl halides is 3. The Labute approximate surface area is 248 Å². The second-order valence-electron chi connectivity index (χ2n) is 9.45. The lowest BCUT2D eigenvalue weighted by molar-refractivity contribution is -0.0328. The van der Waals surface area contributed by atoms with Crippen LogP contribution >= 0.6 is 23.5 Å². The Morgan fingerprint density at radius 2 is 1.19 bits per heavy atom. The summed E-state index contributed by atoms with van der Waals surface area (Å²) in [4.78, 5) is 10.7. The minimum absolute atomic E-state index is 0.0968. The molecule has 0 aliphatic rings. The largest absolute Gasteiger partial charge is 0.457 e. The van der Waals surface area contributed by atoms with Gasteiger partial charge in [0.05, 0.1) is 22.1 Å². The zero-order valence-electron chi connectivity index (χ0n) is 22.7. The van der Waals surface area contributed by atoms with E-state index in [1.165, 1.54) is 12.1 Å². The van der Waals surface area contributed by atoms with Crippen LogP contribution in [0, 0.1) is 0 Å². The molecular formula is C30H25F3N6OS2. The highest BCUT2D eigenvalue weighted by Gasteiger charge is 2.29. The third-order valence-electron chi connectivity index (χ3n) is 6.59. The van der Waals surface area contributed by atoms with Crippen LogP contribution in [-0.4, -0.2) is 30.9 Å². The lowest BCUT2D eigenvalue weighted by Crippen LogP contribution is -2.01. The molecule has 0 unspecified atom stereocenters. The molecule has 0 aliphatic heterocycles. The predicted molar refractivity (Wildman–Crippen MR) is 165 cm³/mol. The van der Waals surface area contributed by atoms with E-state index in [2.05, 4.69) is 27.8 Å². The van der Waals surface area contributed by atoms with E-state index in [1.807, 2.05) is 78.0 Å². The van der Waals surface area contributed by atoms with Crippen molar-refractivity contribution in [2.75, 3.05) is 16.9 Å². The predicted octanol–water partition coefficient (Wildman–Crippen LogP) is 9.07. The fourth-order valence-electron chi connectivity index (χ4n) is 4.58. The quantitative estimate of drug-likeness (QED) is 0.168. The fraction of sp³-hybridized carbons (Fsp3) is 0.133. The number of hydrogen-bond acceptors (Lipinski definition) is 7. The molecule has 0 amide bonds. The lowest BCUT2D eigenvalue weighted by Gasteiger charge is -2.09. The molecule has 12 heteroatoms. The first-order chi connectivity index (χ1) is 20.1. The van der Waals surface area contributed by atoms with Gasteiger partial charge in [0.1, 0.15) is 11.5 Å². The monoisotopic (exact) mass is 606 g/mol. The van der Waals surface area contributed by atoms with Crippen molar-refractivity contribution in [1.29, 1.82) is 0 Å². The molecule has 6 aromatic rings. The first-order valence-electron chi connectivity index (χ1n) is 12.8. The van der Waals surface area contributed by atoms with Crippen molar-refractivity contribution in [3.8, 4) is 11.5 Å². The molecule has 0 atom stereocenters. The molecule has 0 fully saturated rings. The van der Waals surface area contributed by atoms with E-state index in [4.69, 9.17) is 9.72 Å². The molecule has 42 heavy (non-hydrogen) atoms. The summed E-state index contributed by atoms with van der Waals surface area (Å²) in [6.07, 6.45) is 2.04. The average Bonchev–Trinajstić information content (AvgIpc) is 3.42. The number of rotatable bonds is 8. The van der Waals surface area contributed by atoms with E-state index in [1.54, 1.807) is 23.9 Å². The molecule has 0 bridgehead atoms. The van der Waals surface area contributed by atoms with Gasteiger partial charge in [0.2, 0.25) is 11.9 Å². The Balaban J connectivity index is 1.21. The molecule has 2 heterocycles. The number of fused-ring (bicyclic) bond motifs is 2. The van der Waals surface area contributed by atoms with Crippen molar-refractivity contribution in [3.05, 3.63) is 84.9 Å². The number of nitrogens with one attached hydrogen (secondary N) is 2. The molecule has 7 nitrogen and oxygen atoms in total. The number of hydrogen-bond donors (Lipinski definition) is 2. The first-order valence-corrected chi connectivity index (χ1v) is 14.8. The summed E-state index contributed by atoms with van der Waals surface area (Å²) in [6.45, 7) is 0. The van der Waals surface area contributed by atoms with Gasteiger partial charge in [-0.3, -0.25) is 0 Å². The maximum Gasteiger partial charge on any atom is 0.446 e. The summed E-state index contributed by atoms with van der Waals surface area (Å²) in [7, 11) is 3.80. The second kappa shape index (κ2) is 11.2. The smallest absolute Gasteiger partial charge is 0.446 e. The van der Waals surface area contributed by atoms with Crippen LogP contribution in [0.5, 0.6) is 11.5 Å². The molecule has 2 N–H and O–H groups in total. The summed E-state index contributed by atoms with van der Waals surface area (Å²) in [5, 5.41) is 6.51. The number of aromatic nitrogens is 4. The maximum absolute atomic E-state index is 12.8. The molecule has 0 saturated heterocycles. The van der Waals surface area contributed by atoms with Crippen LogP contribution in [0.4, 0.5) is 36.4 Å². The van der Waals surface area contributed by atoms with Crippen molar-refractivity contribution in [1.82, 2.24) is 19.1 Å². The van der Waals surface area contributed by atoms with Crippen molar-refractivity contribution < 1.29 is 17.9 Å². The Morgan fingerprint density at radius 1 is 0.690 bits per heavy atom. The highest BCUT2D eigenvalue weighted by Crippen LogP contribution is 2.38. The standard InChI is InChI=1S/C30H25F3N6OS2/c1-38-26-12-10-20(16-24(26)36-28(38)34-18-6-4-8-22(14-18)41-3)40-21-11-13-27-25(17-21)37-29(39(27)2)35-19-7-5-9-23(15-19)42-30(31,32)33/h4-17H,1-3H3,(H,34,36)(H,35,37). The highest BCUT2D eigenvalue weighted by atomic mass is 32.2. The molecule has 214 valence electrons. The van der Waals surface area contributed by atoms with Gasteiger partial charge in [0, 0.05) is 47.4 Å². The van der Waals surface area contributed by atoms with Gasteiger partial charge in [-0.2, -0.15) is 13.2 Å². The van der Waals surface area contributed by atoms with E-state index in [0.29, 0.717) is 28.7 Å². The Morgan fingerprint density at radius 3 is 1.69 bits per heavy atom. The van der Waals surface area contributed by atoms with Gasteiger partial charge < -0.3 is 24.5 Å². The molecule has 0 spiro atoms. The third-order valence-corrected chi connectivity index (χ3v) is 8.04. The normalized spacial score (nSPS) is 11.8. The number of anilines is 4. The van der Waals surface area contributed by atoms with Crippen LogP contribution in [0.3, 0.4) is 0 Å². The molecule has 0 aliphatic carbocycles. The Kier molecular flexibility index (Phi) is 7.42. The van der Waals surface area contributed by atoms with Crippen molar-refractivity contribution >= 4 is 68.9 Å². The Bertz CT molecular complexity index is 1920. The highest BCUT2D eigenvalue weighted by molar-refractivity contribution is 8.00. The van der Waals surface area contributed by atoms with E-state index < -0.39 is 5.51 Å². The van der Waals surface area contributed by atoms with Gasteiger partial charge in [-0.15, -0.1) is 11.8 Å². The first kappa shape index (κ1) is 27.9. The summed E-state index contributed by atoms with van der Waals surface area (Å²) in [6, 6.07) is 25.6. The number of aryl methyl sites for hydroxylation is 2. The number of imidazole rings is 2. The minimum Gasteiger partial charge on any atom is -0.457 e. The van der Waals surface area contributed by atoms with Gasteiger partial charge in [-0.25, -0.2) is 9.97 Å². The summed E-state index contributed by atoms with van der Waals surface area (Å²) in [5.41, 5.74) is 0.376. The zero-order valence-corrected chi connectivity index (χ0v) is 24.4. The maximum atomic E-state index is 12.8. The number of benzene rings is 4. The summed E-state index contributed by atoms with van der Waals surface area (Å²) >= 11 is 1.53. The Hall–Kier alpha value is -4.29. The average molecular weight is 607 g/mol. The van der Waals surface area contributed by atoms with Crippen LogP contribution in [0.2, 0.25) is 0 Å². The van der Waals surface area contributed by atoms with Crippen LogP contribution in [-0.2, 0) is 14.1 Å². The van der Waals surface area contributed by atoms with Crippen LogP contribution in [0.15, 0.2) is 94.7 Å². The fourth-order valence-corrected chi connectivity index (χ4v) is 5.64. The zero-order chi connectivity index (χ0) is 29.4. The van der Waals surface area contributed by atoms with Crippen molar-refractivity contribution in [3.63, 3.8) is 0 Å². The van der Waals surface area contributed by atoms with E-state index in [-0.39, 0.29) is 16.7 Å². The summed E-state index contributed by atoms with van der Waals surface area (Å²) < 4.78 is 48.4. The summed E-state index contributed by atoms with van der Waals surface area (Å²) in [5.74, 6) is 2.44. The molecule has 0 radical (unpaired) electrons. The van der Waals surface area contributed by atoms with Gasteiger partial charge in [-0.05, 0) is 78.7 Å². The second-order valence-corrected chi connectivity index (χ2v) is 11.5. The van der Waals surface area contributed by atoms with Crippen molar-refractivity contribution in [2.45, 2.75) is 15.3 Å². The number of thioether (sulfide) groups is 2. The molecule has 0 saturated carbocycles. The van der Waals surface area contributed by atoms with Crippen LogP contribution < -0.4 is 15.4 Å². The molecule has 2 aromatic heterocycles. The van der Waals surface area contributed by atoms with Gasteiger partial charge >= 0.3 is 5.51 Å². The molecule has 6 rings (SSSR count). The SMILES string of the molecule is CSc1cccc(Nc2nc3cc(Oc4ccc5c(c4)nc(Nc4cccc(SC(F)(F)F)c4)n5C)ccc3n2C)c1. The van der Waals surface area contributed by atoms with E-state index >= 15 is 0 Å². The van der Waals surface area contributed by atoms with Gasteiger partial charge in [0.25, 0.3) is 0 Å². The lowest BCUT2D eigenvalue weighted by atomic mass is 10.2. The number of halogens is 3. The topological polar surface area (TPSA) is 68.9 Å². The molecular weight excluding hydrogens is 581 g/mol. The van der Waals surface area contributed by atoms with Gasteiger partial charge in [0.15, 0.2) is 0 Å². The van der Waals surface area contributed by atoms with Crippen molar-refractivity contribution in [2.24, 2.45) is 14.1 Å². The third kappa shape index (κ3) is 6.00. The minimum atomic E-state index is -4.35. The number of nitrogens with zero attached hydrogens (tertiary/aromatic N) is 4. The number of ether oxygens (including phenoxy) is 1. The van der Waals surface area contributed by atoms with E-state index in [0.717, 1.165) is 33.1 Å². The van der Waals surface area contributed by atoms with Gasteiger partial charge in [-0.1, -0.05) is 12.1 Å². The molecule has 4 aromatic carbocycles. The van der Waals surface area contributed by atoms with Crippen LogP contribution in [0.1, 0.15) is 0 Å².